The molecule has 5 nitrogen and oxygen atoms in total. The monoisotopic (exact) mass is 769 g/mol. The molecule has 0 spiro atoms. The van der Waals surface area contributed by atoms with E-state index in [1.54, 1.807) is 12.1 Å². The summed E-state index contributed by atoms with van der Waals surface area (Å²) < 4.78 is 0. The van der Waals surface area contributed by atoms with Crippen molar-refractivity contribution in [3.05, 3.63) is 173 Å². The molecule has 2 unspecified atom stereocenters. The molecule has 0 saturated carbocycles. The number of halogens is 4. The third-order valence-electron chi connectivity index (χ3n) is 10.3. The van der Waals surface area contributed by atoms with Gasteiger partial charge in [0.1, 0.15) is 0 Å². The van der Waals surface area contributed by atoms with Crippen LogP contribution in [0.1, 0.15) is 83.5 Å². The zero-order chi connectivity index (χ0) is 36.5. The van der Waals surface area contributed by atoms with Gasteiger partial charge in [-0.2, -0.15) is 0 Å². The highest BCUT2D eigenvalue weighted by Crippen LogP contribution is 2.40. The van der Waals surface area contributed by atoms with Gasteiger partial charge < -0.3 is 15.1 Å². The number of hydrogen-bond donors (Lipinski definition) is 1. The fourth-order valence-electron chi connectivity index (χ4n) is 7.60. The largest absolute Gasteiger partial charge is 0.348 e. The lowest BCUT2D eigenvalue weighted by atomic mass is 9.84. The number of aryl methyl sites for hydroxylation is 1. The van der Waals surface area contributed by atoms with Crippen molar-refractivity contribution in [3.63, 3.8) is 0 Å². The number of Topliss-reactive ketones (excluding diaryl/α,β-unsaturated/α-hetero) is 1. The third kappa shape index (κ3) is 8.11. The first kappa shape index (κ1) is 36.7. The Morgan fingerprint density at radius 2 is 1.15 bits per heavy atom. The molecule has 0 bridgehead atoms. The SMILES string of the molecule is CN1Cc2c(Cl)cc(Cl)cc2C(c2cccc(C(=O)CCc3ccc(CNC(=O)c4cccc(C5CN(C)Cc6c(Cl)cc(Cl)cc65)c4)cc3)c2)C1. The van der Waals surface area contributed by atoms with Gasteiger partial charge in [0.05, 0.1) is 0 Å². The summed E-state index contributed by atoms with van der Waals surface area (Å²) in [6.45, 7) is 3.54. The molecule has 2 aliphatic heterocycles. The van der Waals surface area contributed by atoms with Gasteiger partial charge in [0.2, 0.25) is 0 Å². The van der Waals surface area contributed by atoms with Crippen molar-refractivity contribution in [1.29, 1.82) is 0 Å². The molecule has 2 heterocycles. The van der Waals surface area contributed by atoms with E-state index in [2.05, 4.69) is 41.3 Å². The Hall–Kier alpha value is -3.68. The molecule has 0 fully saturated rings. The highest BCUT2D eigenvalue weighted by Gasteiger charge is 2.29. The lowest BCUT2D eigenvalue weighted by Gasteiger charge is -2.33. The van der Waals surface area contributed by atoms with Crippen molar-refractivity contribution in [1.82, 2.24) is 15.1 Å². The van der Waals surface area contributed by atoms with E-state index < -0.39 is 0 Å². The van der Waals surface area contributed by atoms with Crippen LogP contribution in [-0.4, -0.2) is 48.7 Å². The van der Waals surface area contributed by atoms with Gasteiger partial charge >= 0.3 is 0 Å². The van der Waals surface area contributed by atoms with Crippen molar-refractivity contribution in [2.75, 3.05) is 27.2 Å². The number of nitrogens with one attached hydrogen (secondary N) is 1. The zero-order valence-corrected chi connectivity index (χ0v) is 32.1. The van der Waals surface area contributed by atoms with Crippen molar-refractivity contribution < 1.29 is 9.59 Å². The van der Waals surface area contributed by atoms with Gasteiger partial charge in [-0.3, -0.25) is 9.59 Å². The lowest BCUT2D eigenvalue weighted by molar-refractivity contribution is 0.0948. The Balaban J connectivity index is 0.958. The standard InChI is InChI=1S/C43H39Cl4N3O2/c1-49-22-36(34-17-32(44)19-40(46)38(34)24-49)28-5-3-7-30(15-28)42(51)14-13-26-9-11-27(12-10-26)21-48-43(52)31-8-4-6-29(16-31)37-23-50(2)25-39-35(37)18-33(45)20-41(39)47/h3-12,15-20,36-37H,13-14,21-25H2,1-2H3,(H,48,52). The average molecular weight is 772 g/mol. The normalized spacial score (nSPS) is 17.3. The highest BCUT2D eigenvalue weighted by atomic mass is 35.5. The first-order valence-electron chi connectivity index (χ1n) is 17.4. The van der Waals surface area contributed by atoms with Crippen LogP contribution < -0.4 is 5.32 Å². The van der Waals surface area contributed by atoms with Crippen molar-refractivity contribution >= 4 is 58.1 Å². The molecule has 52 heavy (non-hydrogen) atoms. The van der Waals surface area contributed by atoms with E-state index in [0.717, 1.165) is 70.7 Å². The van der Waals surface area contributed by atoms with Gasteiger partial charge in [-0.25, -0.2) is 0 Å². The summed E-state index contributed by atoms with van der Waals surface area (Å²) in [5, 5.41) is 5.65. The zero-order valence-electron chi connectivity index (χ0n) is 29.1. The van der Waals surface area contributed by atoms with Crippen molar-refractivity contribution in [2.24, 2.45) is 0 Å². The fourth-order valence-corrected chi connectivity index (χ4v) is 8.73. The maximum absolute atomic E-state index is 13.4. The number of amides is 1. The van der Waals surface area contributed by atoms with Gasteiger partial charge in [-0.05, 0) is 107 Å². The topological polar surface area (TPSA) is 52.7 Å². The van der Waals surface area contributed by atoms with Crippen LogP contribution in [0.2, 0.25) is 20.1 Å². The number of carbonyl (C=O) groups is 2. The summed E-state index contributed by atoms with van der Waals surface area (Å²) in [6, 6.07) is 31.4. The first-order valence-corrected chi connectivity index (χ1v) is 19.0. The van der Waals surface area contributed by atoms with Gasteiger partial charge in [0, 0.05) is 82.2 Å². The molecule has 0 aromatic heterocycles. The van der Waals surface area contributed by atoms with Gasteiger partial charge in [0.15, 0.2) is 5.78 Å². The van der Waals surface area contributed by atoms with E-state index in [1.165, 1.54) is 0 Å². The Morgan fingerprint density at radius 1 is 0.654 bits per heavy atom. The minimum atomic E-state index is -0.137. The summed E-state index contributed by atoms with van der Waals surface area (Å²) in [6.07, 6.45) is 1.02. The molecule has 5 aromatic carbocycles. The molecule has 0 radical (unpaired) electrons. The molecular weight excluding hydrogens is 732 g/mol. The molecule has 266 valence electrons. The summed E-state index contributed by atoms with van der Waals surface area (Å²) in [7, 11) is 4.15. The fraction of sp³-hybridized carbons (Fsp3) is 0.256. The number of benzene rings is 5. The average Bonchev–Trinajstić information content (AvgIpc) is 3.13. The molecule has 0 aliphatic carbocycles. The second-order valence-electron chi connectivity index (χ2n) is 14.1. The number of fused-ring (bicyclic) bond motifs is 2. The Morgan fingerprint density at radius 3 is 1.71 bits per heavy atom. The van der Waals surface area contributed by atoms with E-state index in [4.69, 9.17) is 46.4 Å². The Bertz CT molecular complexity index is 2000. The Labute approximate surface area is 325 Å². The molecule has 2 aliphatic rings. The van der Waals surface area contributed by atoms with Crippen LogP contribution in [0.5, 0.6) is 0 Å². The smallest absolute Gasteiger partial charge is 0.251 e. The molecule has 7 rings (SSSR count). The minimum Gasteiger partial charge on any atom is -0.348 e. The molecule has 1 N–H and O–H groups in total. The number of ketones is 1. The second kappa shape index (κ2) is 15.7. The summed E-state index contributed by atoms with van der Waals surface area (Å²) in [5.74, 6) is 0.0901. The minimum absolute atomic E-state index is 0.0525. The predicted octanol–water partition coefficient (Wildman–Crippen LogP) is 10.2. The van der Waals surface area contributed by atoms with Crippen LogP contribution in [0.15, 0.2) is 97.1 Å². The van der Waals surface area contributed by atoms with Crippen molar-refractivity contribution in [3.8, 4) is 0 Å². The van der Waals surface area contributed by atoms with E-state index in [-0.39, 0.29) is 23.5 Å². The van der Waals surface area contributed by atoms with Crippen LogP contribution in [0.4, 0.5) is 0 Å². The van der Waals surface area contributed by atoms with Crippen LogP contribution in [0, 0.1) is 0 Å². The molecule has 1 amide bonds. The van der Waals surface area contributed by atoms with Crippen LogP contribution in [-0.2, 0) is 26.1 Å². The van der Waals surface area contributed by atoms with E-state index in [1.807, 2.05) is 72.8 Å². The first-order chi connectivity index (χ1) is 25.0. The molecule has 5 aromatic rings. The van der Waals surface area contributed by atoms with Gasteiger partial charge in [0.25, 0.3) is 5.91 Å². The molecule has 9 heteroatoms. The van der Waals surface area contributed by atoms with E-state index in [0.29, 0.717) is 50.6 Å². The maximum Gasteiger partial charge on any atom is 0.251 e. The van der Waals surface area contributed by atoms with Crippen LogP contribution in [0.25, 0.3) is 0 Å². The predicted molar refractivity (Wildman–Crippen MR) is 212 cm³/mol. The molecular formula is C43H39Cl4N3O2. The Kier molecular flexibility index (Phi) is 11.1. The highest BCUT2D eigenvalue weighted by molar-refractivity contribution is 6.35. The number of hydrogen-bond acceptors (Lipinski definition) is 4. The van der Waals surface area contributed by atoms with E-state index >= 15 is 0 Å². The van der Waals surface area contributed by atoms with Gasteiger partial charge in [-0.1, -0.05) is 101 Å². The number of likely N-dealkylation sites (N-methyl/N-ethyl adjacent to an activating group) is 2. The van der Waals surface area contributed by atoms with Crippen LogP contribution in [0.3, 0.4) is 0 Å². The van der Waals surface area contributed by atoms with Crippen molar-refractivity contribution in [2.45, 2.75) is 44.3 Å². The molecule has 0 saturated heterocycles. The summed E-state index contributed by atoms with van der Waals surface area (Å²) in [4.78, 5) is 31.1. The second-order valence-corrected chi connectivity index (χ2v) is 15.8. The lowest BCUT2D eigenvalue weighted by Crippen LogP contribution is -2.31. The van der Waals surface area contributed by atoms with E-state index in [9.17, 15) is 9.59 Å². The number of rotatable bonds is 9. The number of nitrogens with zero attached hydrogens (tertiary/aromatic N) is 2. The van der Waals surface area contributed by atoms with Crippen LogP contribution >= 0.6 is 46.4 Å². The summed E-state index contributed by atoms with van der Waals surface area (Å²) in [5.41, 5.74) is 9.89. The molecule has 2 atom stereocenters. The van der Waals surface area contributed by atoms with Gasteiger partial charge in [-0.15, -0.1) is 0 Å². The third-order valence-corrected chi connectivity index (χ3v) is 11.4. The quantitative estimate of drug-likeness (QED) is 0.152. The summed E-state index contributed by atoms with van der Waals surface area (Å²) >= 11 is 25.9. The maximum atomic E-state index is 13.4. The number of carbonyl (C=O) groups excluding carboxylic acids is 2.